The molecule has 0 radical (unpaired) electrons. The molecule has 1 heterocycles. The van der Waals surface area contributed by atoms with Crippen LogP contribution in [0.15, 0.2) is 36.5 Å². The average Bonchev–Trinajstić information content (AvgIpc) is 2.49. The summed E-state index contributed by atoms with van der Waals surface area (Å²) in [6.45, 7) is 0. The number of aromatic nitrogens is 1. The van der Waals surface area contributed by atoms with Crippen LogP contribution in [0, 0.1) is 5.82 Å². The van der Waals surface area contributed by atoms with Crippen LogP contribution in [0.1, 0.15) is 10.5 Å². The van der Waals surface area contributed by atoms with Gasteiger partial charge in [-0.15, -0.1) is 0 Å². The van der Waals surface area contributed by atoms with Crippen LogP contribution in [-0.2, 0) is 4.79 Å². The maximum Gasteiger partial charge on any atom is 0.471 e. The van der Waals surface area contributed by atoms with Gasteiger partial charge in [-0.1, -0.05) is 0 Å². The zero-order chi connectivity index (χ0) is 17.9. The fourth-order valence-corrected chi connectivity index (χ4v) is 1.60. The number of anilines is 1. The van der Waals surface area contributed by atoms with Gasteiger partial charge in [-0.2, -0.15) is 13.2 Å². The van der Waals surface area contributed by atoms with E-state index in [4.69, 9.17) is 10.5 Å². The van der Waals surface area contributed by atoms with Gasteiger partial charge in [0.1, 0.15) is 23.0 Å². The summed E-state index contributed by atoms with van der Waals surface area (Å²) in [6.07, 6.45) is -3.90. The van der Waals surface area contributed by atoms with Crippen LogP contribution in [-0.4, -0.2) is 23.0 Å². The second-order valence-corrected chi connectivity index (χ2v) is 4.44. The molecule has 0 saturated carbocycles. The standard InChI is InChI=1S/C14H9F4N3O3/c15-9-5-7(1-2-10(9)21-13(23)14(16,17)18)24-8-3-4-20-11(6-8)12(19)22/h1-6H,(H2,19,22)(H,21,23). The van der Waals surface area contributed by atoms with Crippen molar-refractivity contribution in [2.45, 2.75) is 6.18 Å². The topological polar surface area (TPSA) is 94.3 Å². The first-order chi connectivity index (χ1) is 11.2. The van der Waals surface area contributed by atoms with E-state index in [0.717, 1.165) is 18.2 Å². The molecule has 0 fully saturated rings. The number of hydrogen-bond acceptors (Lipinski definition) is 4. The number of carbonyl (C=O) groups is 2. The van der Waals surface area contributed by atoms with Crippen LogP contribution in [0.25, 0.3) is 0 Å². The molecule has 0 aliphatic heterocycles. The molecule has 10 heteroatoms. The number of amides is 2. The summed E-state index contributed by atoms with van der Waals surface area (Å²) in [5.74, 6) is -4.18. The number of halogens is 4. The summed E-state index contributed by atoms with van der Waals surface area (Å²) in [6, 6.07) is 5.39. The molecule has 2 amide bonds. The lowest BCUT2D eigenvalue weighted by Crippen LogP contribution is -2.30. The van der Waals surface area contributed by atoms with E-state index in [1.54, 1.807) is 0 Å². The second-order valence-electron chi connectivity index (χ2n) is 4.44. The highest BCUT2D eigenvalue weighted by atomic mass is 19.4. The number of pyridine rings is 1. The number of primary amides is 1. The first kappa shape index (κ1) is 17.2. The van der Waals surface area contributed by atoms with Crippen molar-refractivity contribution in [3.05, 3.63) is 48.0 Å². The molecule has 3 N–H and O–H groups in total. The second kappa shape index (κ2) is 6.52. The summed E-state index contributed by atoms with van der Waals surface area (Å²) >= 11 is 0. The van der Waals surface area contributed by atoms with Gasteiger partial charge in [0.2, 0.25) is 0 Å². The third-order valence-electron chi connectivity index (χ3n) is 2.67. The maximum absolute atomic E-state index is 13.8. The molecular weight excluding hydrogens is 334 g/mol. The predicted molar refractivity (Wildman–Crippen MR) is 73.9 cm³/mol. The van der Waals surface area contributed by atoms with Crippen molar-refractivity contribution in [3.63, 3.8) is 0 Å². The molecule has 6 nitrogen and oxygen atoms in total. The quantitative estimate of drug-likeness (QED) is 0.835. The van der Waals surface area contributed by atoms with Crippen molar-refractivity contribution >= 4 is 17.5 Å². The Hall–Kier alpha value is -3.17. The number of ether oxygens (including phenoxy) is 1. The van der Waals surface area contributed by atoms with Crippen molar-refractivity contribution < 1.29 is 31.9 Å². The van der Waals surface area contributed by atoms with Gasteiger partial charge in [0.15, 0.2) is 0 Å². The molecule has 1 aromatic heterocycles. The van der Waals surface area contributed by atoms with Gasteiger partial charge in [-0.05, 0) is 18.2 Å². The number of nitrogens with zero attached hydrogens (tertiary/aromatic N) is 1. The number of alkyl halides is 3. The zero-order valence-electron chi connectivity index (χ0n) is 11.7. The molecular formula is C14H9F4N3O3. The molecule has 0 unspecified atom stereocenters. The van der Waals surface area contributed by atoms with E-state index in [1.807, 2.05) is 0 Å². The Balaban J connectivity index is 2.16. The van der Waals surface area contributed by atoms with Crippen LogP contribution in [0.5, 0.6) is 11.5 Å². The van der Waals surface area contributed by atoms with Crippen LogP contribution in [0.4, 0.5) is 23.2 Å². The van der Waals surface area contributed by atoms with Crippen LogP contribution in [0.2, 0.25) is 0 Å². The smallest absolute Gasteiger partial charge is 0.457 e. The summed E-state index contributed by atoms with van der Waals surface area (Å²) in [5, 5.41) is 1.40. The Morgan fingerprint density at radius 3 is 2.38 bits per heavy atom. The van der Waals surface area contributed by atoms with E-state index in [9.17, 15) is 27.2 Å². The highest BCUT2D eigenvalue weighted by Crippen LogP contribution is 2.27. The van der Waals surface area contributed by atoms with Gasteiger partial charge in [-0.3, -0.25) is 14.6 Å². The number of hydrogen-bond donors (Lipinski definition) is 2. The largest absolute Gasteiger partial charge is 0.471 e. The van der Waals surface area contributed by atoms with E-state index in [2.05, 4.69) is 4.98 Å². The molecule has 2 aromatic rings. The number of benzene rings is 1. The van der Waals surface area contributed by atoms with Crippen molar-refractivity contribution in [2.24, 2.45) is 5.73 Å². The highest BCUT2D eigenvalue weighted by molar-refractivity contribution is 5.95. The lowest BCUT2D eigenvalue weighted by Gasteiger charge is -2.11. The Bertz CT molecular complexity index is 793. The highest BCUT2D eigenvalue weighted by Gasteiger charge is 2.39. The Labute approximate surface area is 132 Å². The van der Waals surface area contributed by atoms with Gasteiger partial charge < -0.3 is 15.8 Å². The lowest BCUT2D eigenvalue weighted by atomic mass is 10.2. The van der Waals surface area contributed by atoms with Gasteiger partial charge in [0.25, 0.3) is 5.91 Å². The normalized spacial score (nSPS) is 11.0. The minimum atomic E-state index is -5.14. The number of carbonyl (C=O) groups excluding carboxylic acids is 2. The number of nitrogens with one attached hydrogen (secondary N) is 1. The van der Waals surface area contributed by atoms with Gasteiger partial charge in [0.05, 0.1) is 5.69 Å². The maximum atomic E-state index is 13.8. The minimum Gasteiger partial charge on any atom is -0.457 e. The molecule has 1 aromatic carbocycles. The fraction of sp³-hybridized carbons (Fsp3) is 0.0714. The van der Waals surface area contributed by atoms with Gasteiger partial charge in [-0.25, -0.2) is 4.39 Å². The number of nitrogens with two attached hydrogens (primary N) is 1. The van der Waals surface area contributed by atoms with Crippen molar-refractivity contribution in [3.8, 4) is 11.5 Å². The van der Waals surface area contributed by atoms with Gasteiger partial charge in [0, 0.05) is 18.3 Å². The molecule has 0 saturated heterocycles. The van der Waals surface area contributed by atoms with Crippen LogP contribution < -0.4 is 15.8 Å². The van der Waals surface area contributed by atoms with Crippen LogP contribution in [0.3, 0.4) is 0 Å². The molecule has 126 valence electrons. The van der Waals surface area contributed by atoms with E-state index in [0.29, 0.717) is 0 Å². The molecule has 0 aliphatic rings. The predicted octanol–water partition coefficient (Wildman–Crippen LogP) is 2.61. The zero-order valence-corrected chi connectivity index (χ0v) is 11.7. The molecule has 0 bridgehead atoms. The Morgan fingerprint density at radius 1 is 1.12 bits per heavy atom. The van der Waals surface area contributed by atoms with E-state index < -0.39 is 29.5 Å². The molecule has 0 atom stereocenters. The summed E-state index contributed by atoms with van der Waals surface area (Å²) in [4.78, 5) is 25.5. The number of rotatable bonds is 4. The first-order valence-corrected chi connectivity index (χ1v) is 6.28. The third kappa shape index (κ3) is 4.18. The van der Waals surface area contributed by atoms with E-state index in [1.165, 1.54) is 23.6 Å². The fourth-order valence-electron chi connectivity index (χ4n) is 1.60. The van der Waals surface area contributed by atoms with Crippen LogP contribution >= 0.6 is 0 Å². The van der Waals surface area contributed by atoms with Gasteiger partial charge >= 0.3 is 12.1 Å². The monoisotopic (exact) mass is 343 g/mol. The minimum absolute atomic E-state index is 0.0703. The third-order valence-corrected chi connectivity index (χ3v) is 2.67. The average molecular weight is 343 g/mol. The summed E-state index contributed by atoms with van der Waals surface area (Å²) in [7, 11) is 0. The first-order valence-electron chi connectivity index (χ1n) is 6.28. The van der Waals surface area contributed by atoms with Crippen molar-refractivity contribution in [1.29, 1.82) is 0 Å². The summed E-state index contributed by atoms with van der Waals surface area (Å²) in [5.41, 5.74) is 4.32. The summed E-state index contributed by atoms with van der Waals surface area (Å²) < 4.78 is 55.4. The Kier molecular flexibility index (Phi) is 4.67. The molecule has 0 spiro atoms. The van der Waals surface area contributed by atoms with Crippen molar-refractivity contribution in [2.75, 3.05) is 5.32 Å². The van der Waals surface area contributed by atoms with E-state index in [-0.39, 0.29) is 17.2 Å². The van der Waals surface area contributed by atoms with E-state index >= 15 is 0 Å². The molecule has 24 heavy (non-hydrogen) atoms. The molecule has 0 aliphatic carbocycles. The Morgan fingerprint density at radius 2 is 1.79 bits per heavy atom. The lowest BCUT2D eigenvalue weighted by molar-refractivity contribution is -0.167. The molecule has 2 rings (SSSR count). The SMILES string of the molecule is NC(=O)c1cc(Oc2ccc(NC(=O)C(F)(F)F)c(F)c2)ccn1. The van der Waals surface area contributed by atoms with Crippen molar-refractivity contribution in [1.82, 2.24) is 4.98 Å².